The fraction of sp³-hybridized carbons (Fsp3) is 0.812. The zero-order valence-corrected chi connectivity index (χ0v) is 13.8. The number of ether oxygens (including phenoxy) is 1. The van der Waals surface area contributed by atoms with Gasteiger partial charge >= 0.3 is 5.97 Å². The van der Waals surface area contributed by atoms with Crippen molar-refractivity contribution in [1.29, 1.82) is 0 Å². The zero-order valence-electron chi connectivity index (χ0n) is 13.8. The summed E-state index contributed by atoms with van der Waals surface area (Å²) in [7, 11) is 0. The summed E-state index contributed by atoms with van der Waals surface area (Å²) in [5.41, 5.74) is 5.43. The van der Waals surface area contributed by atoms with Gasteiger partial charge in [-0.1, -0.05) is 19.3 Å². The van der Waals surface area contributed by atoms with Crippen LogP contribution in [0.1, 0.15) is 65.7 Å². The molecule has 1 unspecified atom stereocenters. The van der Waals surface area contributed by atoms with Gasteiger partial charge in [0.05, 0.1) is 12.0 Å². The maximum Gasteiger partial charge on any atom is 0.312 e. The van der Waals surface area contributed by atoms with Gasteiger partial charge in [-0.3, -0.25) is 15.0 Å². The summed E-state index contributed by atoms with van der Waals surface area (Å²) >= 11 is 0. The molecule has 1 aliphatic carbocycles. The Morgan fingerprint density at radius 3 is 2.41 bits per heavy atom. The number of hydrogen-bond donors (Lipinski definition) is 2. The fourth-order valence-electron chi connectivity index (χ4n) is 2.94. The van der Waals surface area contributed by atoms with E-state index in [0.29, 0.717) is 11.8 Å². The Bertz CT molecular complexity index is 448. The number of nitrogens with zero attached hydrogens (tertiary/aromatic N) is 1. The predicted octanol–water partition coefficient (Wildman–Crippen LogP) is 2.09. The van der Waals surface area contributed by atoms with E-state index in [1.807, 2.05) is 20.8 Å². The van der Waals surface area contributed by atoms with Crippen LogP contribution in [0.25, 0.3) is 0 Å². The van der Waals surface area contributed by atoms with E-state index in [1.165, 1.54) is 6.42 Å². The second-order valence-electron chi connectivity index (χ2n) is 7.16. The van der Waals surface area contributed by atoms with Crippen molar-refractivity contribution < 1.29 is 14.3 Å². The standard InChI is InChI=1S/C16H27N3O3/c1-16(2,3)17-15-14(11-7-5-4-6-8-11)19-18-12(20)9-10-13(21)22-15/h11,14,19H,4-10H2,1-3H3,(H,18,20). The maximum atomic E-state index is 11.9. The molecule has 1 atom stereocenters. The van der Waals surface area contributed by atoms with Crippen LogP contribution in [0.3, 0.4) is 0 Å². The van der Waals surface area contributed by atoms with Gasteiger partial charge in [0.15, 0.2) is 0 Å². The molecule has 1 heterocycles. The van der Waals surface area contributed by atoms with Crippen molar-refractivity contribution in [3.63, 3.8) is 0 Å². The van der Waals surface area contributed by atoms with Crippen LogP contribution in [-0.2, 0) is 14.3 Å². The fourth-order valence-corrected chi connectivity index (χ4v) is 2.94. The van der Waals surface area contributed by atoms with Gasteiger partial charge in [0.2, 0.25) is 11.8 Å². The summed E-state index contributed by atoms with van der Waals surface area (Å²) in [6, 6.07) is -0.245. The van der Waals surface area contributed by atoms with E-state index >= 15 is 0 Å². The first kappa shape index (κ1) is 16.9. The van der Waals surface area contributed by atoms with Gasteiger partial charge in [0.1, 0.15) is 6.04 Å². The molecule has 0 aromatic carbocycles. The van der Waals surface area contributed by atoms with Gasteiger partial charge < -0.3 is 4.74 Å². The summed E-state index contributed by atoms with van der Waals surface area (Å²) < 4.78 is 5.52. The molecule has 0 aromatic rings. The molecule has 22 heavy (non-hydrogen) atoms. The Kier molecular flexibility index (Phi) is 5.56. The first-order valence-electron chi connectivity index (χ1n) is 8.20. The molecule has 6 nitrogen and oxygen atoms in total. The van der Waals surface area contributed by atoms with Crippen molar-refractivity contribution in [2.24, 2.45) is 10.9 Å². The van der Waals surface area contributed by atoms with Crippen molar-refractivity contribution in [3.05, 3.63) is 0 Å². The van der Waals surface area contributed by atoms with Gasteiger partial charge in [-0.25, -0.2) is 10.4 Å². The molecule has 0 radical (unpaired) electrons. The Labute approximate surface area is 132 Å². The average molecular weight is 309 g/mol. The summed E-state index contributed by atoms with van der Waals surface area (Å²) in [5, 5.41) is 0. The third-order valence-corrected chi connectivity index (χ3v) is 3.97. The summed E-state index contributed by atoms with van der Waals surface area (Å²) in [4.78, 5) is 28.3. The lowest BCUT2D eigenvalue weighted by Gasteiger charge is -2.31. The number of hydrazine groups is 1. The van der Waals surface area contributed by atoms with Crippen molar-refractivity contribution in [1.82, 2.24) is 10.9 Å². The van der Waals surface area contributed by atoms with Crippen LogP contribution in [0.5, 0.6) is 0 Å². The van der Waals surface area contributed by atoms with E-state index in [4.69, 9.17) is 4.74 Å². The van der Waals surface area contributed by atoms with Gasteiger partial charge in [-0.15, -0.1) is 0 Å². The third-order valence-electron chi connectivity index (χ3n) is 3.97. The highest BCUT2D eigenvalue weighted by Gasteiger charge is 2.33. The molecule has 0 spiro atoms. The van der Waals surface area contributed by atoms with Crippen LogP contribution < -0.4 is 10.9 Å². The van der Waals surface area contributed by atoms with Crippen LogP contribution in [0.4, 0.5) is 0 Å². The molecule has 1 saturated carbocycles. The minimum absolute atomic E-state index is 0.0774. The van der Waals surface area contributed by atoms with Crippen LogP contribution in [0, 0.1) is 5.92 Å². The van der Waals surface area contributed by atoms with E-state index in [-0.39, 0.29) is 36.3 Å². The number of esters is 1. The Morgan fingerprint density at radius 1 is 1.09 bits per heavy atom. The van der Waals surface area contributed by atoms with Gasteiger partial charge in [-0.2, -0.15) is 0 Å². The molecule has 1 aliphatic heterocycles. The molecular formula is C16H27N3O3. The molecular weight excluding hydrogens is 282 g/mol. The van der Waals surface area contributed by atoms with E-state index in [1.54, 1.807) is 0 Å². The summed E-state index contributed by atoms with van der Waals surface area (Å²) in [6.07, 6.45) is 5.87. The SMILES string of the molecule is CC(C)(C)N=C1OC(=O)CCC(=O)NNC1C1CCCCC1. The molecule has 124 valence electrons. The first-order valence-corrected chi connectivity index (χ1v) is 8.20. The van der Waals surface area contributed by atoms with Crippen LogP contribution in [0.15, 0.2) is 4.99 Å². The summed E-state index contributed by atoms with van der Waals surface area (Å²) in [5.74, 6) is 0.157. The Balaban J connectivity index is 2.28. The molecule has 0 aromatic heterocycles. The molecule has 1 amide bonds. The van der Waals surface area contributed by atoms with Gasteiger partial charge in [0.25, 0.3) is 0 Å². The van der Waals surface area contributed by atoms with E-state index in [2.05, 4.69) is 15.8 Å². The van der Waals surface area contributed by atoms with Crippen LogP contribution in [0.2, 0.25) is 0 Å². The largest absolute Gasteiger partial charge is 0.410 e. The monoisotopic (exact) mass is 309 g/mol. The van der Waals surface area contributed by atoms with Crippen molar-refractivity contribution in [2.45, 2.75) is 77.3 Å². The minimum Gasteiger partial charge on any atom is -0.410 e. The van der Waals surface area contributed by atoms with E-state index in [0.717, 1.165) is 25.7 Å². The third kappa shape index (κ3) is 5.09. The molecule has 2 aliphatic rings. The first-order chi connectivity index (χ1) is 10.3. The quantitative estimate of drug-likeness (QED) is 0.727. The van der Waals surface area contributed by atoms with Crippen LogP contribution >= 0.6 is 0 Å². The molecule has 0 bridgehead atoms. The second kappa shape index (κ2) is 7.22. The lowest BCUT2D eigenvalue weighted by molar-refractivity contribution is -0.137. The number of rotatable bonds is 1. The number of nitrogens with one attached hydrogen (secondary N) is 2. The van der Waals surface area contributed by atoms with Crippen molar-refractivity contribution in [3.8, 4) is 0 Å². The number of carbonyl (C=O) groups is 2. The van der Waals surface area contributed by atoms with E-state index in [9.17, 15) is 9.59 Å². The highest BCUT2D eigenvalue weighted by molar-refractivity contribution is 5.94. The molecule has 2 rings (SSSR count). The lowest BCUT2D eigenvalue weighted by Crippen LogP contribution is -2.52. The zero-order chi connectivity index (χ0) is 16.2. The second-order valence-corrected chi connectivity index (χ2v) is 7.16. The van der Waals surface area contributed by atoms with Crippen molar-refractivity contribution in [2.75, 3.05) is 0 Å². The number of hydrogen-bond acceptors (Lipinski definition) is 5. The Morgan fingerprint density at radius 2 is 1.77 bits per heavy atom. The summed E-state index contributed by atoms with van der Waals surface area (Å²) in [6.45, 7) is 5.91. The highest BCUT2D eigenvalue weighted by atomic mass is 16.5. The number of carbonyl (C=O) groups excluding carboxylic acids is 2. The normalized spacial score (nSPS) is 27.6. The molecule has 2 fully saturated rings. The number of cyclic esters (lactones) is 1. The molecule has 6 heteroatoms. The lowest BCUT2D eigenvalue weighted by atomic mass is 9.84. The van der Waals surface area contributed by atoms with Gasteiger partial charge in [-0.05, 0) is 39.5 Å². The molecule has 2 N–H and O–H groups in total. The Hall–Kier alpha value is -1.43. The maximum absolute atomic E-state index is 11.9. The predicted molar refractivity (Wildman–Crippen MR) is 84.2 cm³/mol. The smallest absolute Gasteiger partial charge is 0.312 e. The highest BCUT2D eigenvalue weighted by Crippen LogP contribution is 2.28. The van der Waals surface area contributed by atoms with E-state index < -0.39 is 0 Å². The van der Waals surface area contributed by atoms with Crippen LogP contribution in [-0.4, -0.2) is 29.4 Å². The minimum atomic E-state index is -0.386. The van der Waals surface area contributed by atoms with Gasteiger partial charge in [0, 0.05) is 6.42 Å². The molecule has 1 saturated heterocycles. The van der Waals surface area contributed by atoms with Crippen molar-refractivity contribution >= 4 is 17.8 Å². The number of aliphatic imine (C=N–C) groups is 1. The average Bonchev–Trinajstić information content (AvgIpc) is 2.50. The number of amides is 1. The topological polar surface area (TPSA) is 79.8 Å².